The number of amides is 1. The number of unbranched alkanes of at least 4 members (excludes halogenated alkanes) is 14. The summed E-state index contributed by atoms with van der Waals surface area (Å²) in [5.41, 5.74) is 10.1. The SMILES string of the molecule is Br.CCCCCCCCCCCCCCCCCC(N)=O.CCCN. The maximum Gasteiger partial charge on any atom is 0.217 e. The number of primary amides is 1. The van der Waals surface area contributed by atoms with Gasteiger partial charge in [-0.2, -0.15) is 0 Å². The van der Waals surface area contributed by atoms with Crippen LogP contribution in [-0.2, 0) is 4.79 Å². The van der Waals surface area contributed by atoms with Crippen LogP contribution in [0.5, 0.6) is 0 Å². The number of carbonyl (C=O) groups excluding carboxylic acids is 1. The molecule has 0 aromatic carbocycles. The molecule has 0 rings (SSSR count). The normalized spacial score (nSPS) is 9.88. The third-order valence-corrected chi connectivity index (χ3v) is 4.32. The molecule has 3 nitrogen and oxygen atoms in total. The Balaban J connectivity index is -0.000000867. The van der Waals surface area contributed by atoms with Gasteiger partial charge in [0.1, 0.15) is 0 Å². The molecule has 0 fully saturated rings. The molecule has 0 saturated heterocycles. The van der Waals surface area contributed by atoms with Crippen LogP contribution in [0.25, 0.3) is 0 Å². The number of nitrogens with two attached hydrogens (primary N) is 2. The molecule has 0 bridgehead atoms. The van der Waals surface area contributed by atoms with Gasteiger partial charge in [-0.3, -0.25) is 4.79 Å². The minimum absolute atomic E-state index is 0. The highest BCUT2D eigenvalue weighted by Crippen LogP contribution is 2.13. The average molecular weight is 424 g/mol. The molecule has 0 atom stereocenters. The molecule has 4 heteroatoms. The van der Waals surface area contributed by atoms with Crippen LogP contribution < -0.4 is 11.5 Å². The molecule has 0 radical (unpaired) electrons. The van der Waals surface area contributed by atoms with Crippen molar-refractivity contribution in [3.05, 3.63) is 0 Å². The summed E-state index contributed by atoms with van der Waals surface area (Å²) in [4.78, 5) is 10.6. The molecule has 4 N–H and O–H groups in total. The molecule has 25 heavy (non-hydrogen) atoms. The Labute approximate surface area is 168 Å². The molecule has 0 aromatic rings. The predicted octanol–water partition coefficient (Wildman–Crippen LogP) is 6.67. The van der Waals surface area contributed by atoms with E-state index in [1.807, 2.05) is 0 Å². The van der Waals surface area contributed by atoms with Gasteiger partial charge in [-0.1, -0.05) is 104 Å². The highest BCUT2D eigenvalue weighted by atomic mass is 79.9. The second kappa shape index (κ2) is 28.7. The summed E-state index contributed by atoms with van der Waals surface area (Å²) in [6.07, 6.45) is 22.0. The lowest BCUT2D eigenvalue weighted by Crippen LogP contribution is -2.09. The van der Waals surface area contributed by atoms with Crippen LogP contribution in [0.3, 0.4) is 0 Å². The summed E-state index contributed by atoms with van der Waals surface area (Å²) in [6, 6.07) is 0. The molecule has 0 aliphatic carbocycles. The lowest BCUT2D eigenvalue weighted by atomic mass is 10.0. The van der Waals surface area contributed by atoms with E-state index < -0.39 is 0 Å². The van der Waals surface area contributed by atoms with Crippen molar-refractivity contribution in [3.63, 3.8) is 0 Å². The Morgan fingerprint density at radius 1 is 0.600 bits per heavy atom. The first kappa shape index (κ1) is 29.7. The molecule has 0 saturated carbocycles. The Bertz CT molecular complexity index is 236. The lowest BCUT2D eigenvalue weighted by Gasteiger charge is -2.03. The topological polar surface area (TPSA) is 69.1 Å². The van der Waals surface area contributed by atoms with Gasteiger partial charge < -0.3 is 11.5 Å². The molecule has 0 aliphatic heterocycles. The maximum atomic E-state index is 10.6. The minimum atomic E-state index is -0.153. The van der Waals surface area contributed by atoms with E-state index in [0.29, 0.717) is 6.42 Å². The van der Waals surface area contributed by atoms with Gasteiger partial charge in [0.2, 0.25) is 5.91 Å². The van der Waals surface area contributed by atoms with Crippen LogP contribution in [-0.4, -0.2) is 12.5 Å². The van der Waals surface area contributed by atoms with Crippen molar-refractivity contribution in [3.8, 4) is 0 Å². The first-order valence-electron chi connectivity index (χ1n) is 10.7. The van der Waals surface area contributed by atoms with Crippen molar-refractivity contribution in [1.29, 1.82) is 0 Å². The minimum Gasteiger partial charge on any atom is -0.370 e. The Hall–Kier alpha value is -0.0900. The standard InChI is InChI=1S/C18H37NO.C3H9N.BrH/c1-2-3-4-5-6-7-8-9-10-11-12-13-14-15-16-17-18(19)20;1-2-3-4;/h2-17H2,1H3,(H2,19,20);2-4H2,1H3;1H. The first-order valence-corrected chi connectivity index (χ1v) is 10.7. The van der Waals surface area contributed by atoms with Gasteiger partial charge in [0.05, 0.1) is 0 Å². The van der Waals surface area contributed by atoms with Gasteiger partial charge in [0, 0.05) is 6.42 Å². The first-order chi connectivity index (χ1) is 11.7. The Morgan fingerprint density at radius 3 is 1.12 bits per heavy atom. The second-order valence-electron chi connectivity index (χ2n) is 6.95. The largest absolute Gasteiger partial charge is 0.370 e. The van der Waals surface area contributed by atoms with Crippen LogP contribution in [0.2, 0.25) is 0 Å². The van der Waals surface area contributed by atoms with E-state index in [2.05, 4.69) is 13.8 Å². The molecule has 0 aliphatic rings. The fourth-order valence-electron chi connectivity index (χ4n) is 2.67. The van der Waals surface area contributed by atoms with Crippen molar-refractivity contribution >= 4 is 22.9 Å². The predicted molar refractivity (Wildman–Crippen MR) is 118 cm³/mol. The van der Waals surface area contributed by atoms with Gasteiger partial charge in [-0.05, 0) is 19.4 Å². The van der Waals surface area contributed by atoms with Gasteiger partial charge in [-0.15, -0.1) is 17.0 Å². The van der Waals surface area contributed by atoms with Crippen molar-refractivity contribution in [1.82, 2.24) is 0 Å². The molecule has 0 aromatic heterocycles. The number of rotatable bonds is 17. The average Bonchev–Trinajstić information content (AvgIpc) is 2.58. The Kier molecular flexibility index (Phi) is 34.1. The van der Waals surface area contributed by atoms with E-state index in [4.69, 9.17) is 11.5 Å². The molecular formula is C21H47BrN2O. The fraction of sp³-hybridized carbons (Fsp3) is 0.952. The van der Waals surface area contributed by atoms with Crippen molar-refractivity contribution in [2.45, 2.75) is 123 Å². The highest BCUT2D eigenvalue weighted by Gasteiger charge is 1.96. The molecule has 154 valence electrons. The third-order valence-electron chi connectivity index (χ3n) is 4.32. The van der Waals surface area contributed by atoms with Crippen LogP contribution in [0.4, 0.5) is 0 Å². The summed E-state index contributed by atoms with van der Waals surface area (Å²) in [5, 5.41) is 0. The van der Waals surface area contributed by atoms with Gasteiger partial charge in [0.15, 0.2) is 0 Å². The van der Waals surface area contributed by atoms with E-state index >= 15 is 0 Å². The van der Waals surface area contributed by atoms with Crippen molar-refractivity contribution < 1.29 is 4.79 Å². The van der Waals surface area contributed by atoms with Gasteiger partial charge >= 0.3 is 0 Å². The van der Waals surface area contributed by atoms with E-state index in [1.165, 1.54) is 89.9 Å². The number of hydrogen-bond donors (Lipinski definition) is 2. The van der Waals surface area contributed by atoms with Crippen molar-refractivity contribution in [2.75, 3.05) is 6.54 Å². The fourth-order valence-corrected chi connectivity index (χ4v) is 2.67. The number of hydrogen-bond acceptors (Lipinski definition) is 2. The van der Waals surface area contributed by atoms with Crippen molar-refractivity contribution in [2.24, 2.45) is 11.5 Å². The summed E-state index contributed by atoms with van der Waals surface area (Å²) in [6.45, 7) is 5.15. The quantitative estimate of drug-likeness (QED) is 0.257. The molecule has 0 spiro atoms. The van der Waals surface area contributed by atoms with Crippen LogP contribution in [0.15, 0.2) is 0 Å². The molecular weight excluding hydrogens is 376 g/mol. The Morgan fingerprint density at radius 2 is 0.880 bits per heavy atom. The number of carbonyl (C=O) groups is 1. The smallest absolute Gasteiger partial charge is 0.217 e. The second-order valence-corrected chi connectivity index (χ2v) is 6.95. The van der Waals surface area contributed by atoms with E-state index in [0.717, 1.165) is 19.4 Å². The number of halogens is 1. The molecule has 1 amide bonds. The zero-order valence-corrected chi connectivity index (χ0v) is 18.9. The van der Waals surface area contributed by atoms with Crippen LogP contribution in [0.1, 0.15) is 123 Å². The molecule has 0 unspecified atom stereocenters. The lowest BCUT2D eigenvalue weighted by molar-refractivity contribution is -0.118. The molecule has 0 heterocycles. The zero-order chi connectivity index (χ0) is 18.3. The maximum absolute atomic E-state index is 10.6. The summed E-state index contributed by atoms with van der Waals surface area (Å²) in [5.74, 6) is -0.153. The summed E-state index contributed by atoms with van der Waals surface area (Å²) < 4.78 is 0. The van der Waals surface area contributed by atoms with Crippen LogP contribution in [0, 0.1) is 0 Å². The van der Waals surface area contributed by atoms with E-state index in [9.17, 15) is 4.79 Å². The van der Waals surface area contributed by atoms with Gasteiger partial charge in [-0.25, -0.2) is 0 Å². The summed E-state index contributed by atoms with van der Waals surface area (Å²) >= 11 is 0. The zero-order valence-electron chi connectivity index (χ0n) is 17.2. The van der Waals surface area contributed by atoms with E-state index in [1.54, 1.807) is 0 Å². The third kappa shape index (κ3) is 35.8. The summed E-state index contributed by atoms with van der Waals surface area (Å²) in [7, 11) is 0. The van der Waals surface area contributed by atoms with Crippen LogP contribution >= 0.6 is 17.0 Å². The monoisotopic (exact) mass is 422 g/mol. The highest BCUT2D eigenvalue weighted by molar-refractivity contribution is 8.93. The van der Waals surface area contributed by atoms with Gasteiger partial charge in [0.25, 0.3) is 0 Å². The van der Waals surface area contributed by atoms with E-state index in [-0.39, 0.29) is 22.9 Å².